The monoisotopic (exact) mass is 287 g/mol. The van der Waals surface area contributed by atoms with Crippen LogP contribution in [0.15, 0.2) is 46.2 Å². The number of likely N-dealkylation sites (N-methyl/N-ethyl adjacent to an activating group) is 1. The standard InChI is InChI=1S/C16H17NO2S/c1-17(2)12-7-10-8-13(18)14(19)9-16(10)20-15-6-4-3-5-11(12)15/h3-6,8-9,12,18-19H,7H2,1-2H3. The highest BCUT2D eigenvalue weighted by Gasteiger charge is 2.24. The molecule has 2 aromatic rings. The second kappa shape index (κ2) is 5.04. The van der Waals surface area contributed by atoms with Gasteiger partial charge in [-0.2, -0.15) is 0 Å². The van der Waals surface area contributed by atoms with Crippen molar-refractivity contribution in [1.29, 1.82) is 0 Å². The van der Waals surface area contributed by atoms with E-state index in [-0.39, 0.29) is 17.5 Å². The van der Waals surface area contributed by atoms with Gasteiger partial charge in [0.15, 0.2) is 11.5 Å². The van der Waals surface area contributed by atoms with Crippen LogP contribution in [0.2, 0.25) is 0 Å². The maximum Gasteiger partial charge on any atom is 0.158 e. The second-order valence-electron chi connectivity index (χ2n) is 5.27. The number of hydrogen-bond donors (Lipinski definition) is 2. The Kier molecular flexibility index (Phi) is 3.36. The van der Waals surface area contributed by atoms with Crippen LogP contribution in [0, 0.1) is 0 Å². The van der Waals surface area contributed by atoms with Gasteiger partial charge in [0.1, 0.15) is 0 Å². The van der Waals surface area contributed by atoms with E-state index >= 15 is 0 Å². The minimum absolute atomic E-state index is 0.0483. The zero-order chi connectivity index (χ0) is 14.3. The molecule has 0 saturated carbocycles. The number of hydrogen-bond acceptors (Lipinski definition) is 4. The van der Waals surface area contributed by atoms with Gasteiger partial charge in [-0.05, 0) is 49.8 Å². The number of aromatic hydroxyl groups is 2. The molecule has 2 N–H and O–H groups in total. The Labute approximate surface area is 122 Å². The van der Waals surface area contributed by atoms with Crippen LogP contribution in [-0.2, 0) is 6.42 Å². The van der Waals surface area contributed by atoms with Gasteiger partial charge in [0.2, 0.25) is 0 Å². The largest absolute Gasteiger partial charge is 0.504 e. The molecule has 104 valence electrons. The number of nitrogens with zero attached hydrogens (tertiary/aromatic N) is 1. The first kappa shape index (κ1) is 13.3. The highest BCUT2D eigenvalue weighted by molar-refractivity contribution is 7.99. The minimum Gasteiger partial charge on any atom is -0.504 e. The predicted octanol–water partition coefficient (Wildman–Crippen LogP) is 3.41. The zero-order valence-corrected chi connectivity index (χ0v) is 12.3. The topological polar surface area (TPSA) is 43.7 Å². The maximum atomic E-state index is 9.74. The fourth-order valence-electron chi connectivity index (χ4n) is 2.60. The van der Waals surface area contributed by atoms with Crippen LogP contribution < -0.4 is 0 Å². The Morgan fingerprint density at radius 3 is 2.50 bits per heavy atom. The van der Waals surface area contributed by atoms with E-state index in [0.29, 0.717) is 0 Å². The van der Waals surface area contributed by atoms with E-state index in [1.54, 1.807) is 23.9 Å². The lowest BCUT2D eigenvalue weighted by Gasteiger charge is -2.24. The van der Waals surface area contributed by atoms with Gasteiger partial charge in [-0.1, -0.05) is 30.0 Å². The zero-order valence-electron chi connectivity index (χ0n) is 11.5. The summed E-state index contributed by atoms with van der Waals surface area (Å²) in [7, 11) is 4.13. The molecular formula is C16H17NO2S. The van der Waals surface area contributed by atoms with Crippen LogP contribution in [0.5, 0.6) is 11.5 Å². The number of fused-ring (bicyclic) bond motifs is 2. The summed E-state index contributed by atoms with van der Waals surface area (Å²) < 4.78 is 0. The van der Waals surface area contributed by atoms with Crippen LogP contribution >= 0.6 is 11.8 Å². The molecule has 1 unspecified atom stereocenters. The smallest absolute Gasteiger partial charge is 0.158 e. The third kappa shape index (κ3) is 2.25. The molecule has 1 atom stereocenters. The fraction of sp³-hybridized carbons (Fsp3) is 0.250. The molecule has 0 amide bonds. The molecule has 4 heteroatoms. The molecule has 20 heavy (non-hydrogen) atoms. The average molecular weight is 287 g/mol. The summed E-state index contributed by atoms with van der Waals surface area (Å²) in [5.74, 6) is -0.107. The average Bonchev–Trinajstić information content (AvgIpc) is 2.56. The predicted molar refractivity (Wildman–Crippen MR) is 80.5 cm³/mol. The highest BCUT2D eigenvalue weighted by atomic mass is 32.2. The molecule has 0 bridgehead atoms. The first-order valence-electron chi connectivity index (χ1n) is 6.54. The molecule has 0 fully saturated rings. The van der Waals surface area contributed by atoms with Gasteiger partial charge in [0, 0.05) is 15.8 Å². The summed E-state index contributed by atoms with van der Waals surface area (Å²) in [6.45, 7) is 0. The van der Waals surface area contributed by atoms with E-state index in [9.17, 15) is 10.2 Å². The molecule has 1 aliphatic rings. The molecule has 3 rings (SSSR count). The van der Waals surface area contributed by atoms with Gasteiger partial charge >= 0.3 is 0 Å². The lowest BCUT2D eigenvalue weighted by molar-refractivity contribution is 0.293. The summed E-state index contributed by atoms with van der Waals surface area (Å²) in [6.07, 6.45) is 0.820. The maximum absolute atomic E-state index is 9.74. The number of benzene rings is 2. The van der Waals surface area contributed by atoms with Crippen LogP contribution in [0.4, 0.5) is 0 Å². The van der Waals surface area contributed by atoms with Crippen molar-refractivity contribution >= 4 is 11.8 Å². The lowest BCUT2D eigenvalue weighted by Crippen LogP contribution is -2.22. The van der Waals surface area contributed by atoms with Crippen molar-refractivity contribution in [3.8, 4) is 11.5 Å². The van der Waals surface area contributed by atoms with Crippen molar-refractivity contribution in [2.45, 2.75) is 22.3 Å². The Morgan fingerprint density at radius 2 is 1.75 bits per heavy atom. The van der Waals surface area contributed by atoms with Crippen molar-refractivity contribution < 1.29 is 10.2 Å². The van der Waals surface area contributed by atoms with E-state index in [1.165, 1.54) is 10.5 Å². The van der Waals surface area contributed by atoms with E-state index in [2.05, 4.69) is 37.2 Å². The number of phenolic OH excluding ortho intramolecular Hbond substituents is 2. The Morgan fingerprint density at radius 1 is 1.05 bits per heavy atom. The van der Waals surface area contributed by atoms with Crippen molar-refractivity contribution in [3.63, 3.8) is 0 Å². The number of phenols is 2. The lowest BCUT2D eigenvalue weighted by atomic mass is 9.98. The van der Waals surface area contributed by atoms with Crippen LogP contribution in [-0.4, -0.2) is 29.2 Å². The molecular weight excluding hydrogens is 270 g/mol. The molecule has 1 aliphatic heterocycles. The summed E-state index contributed by atoms with van der Waals surface area (Å²) in [4.78, 5) is 4.41. The summed E-state index contributed by atoms with van der Waals surface area (Å²) >= 11 is 1.65. The third-order valence-electron chi connectivity index (χ3n) is 3.69. The quantitative estimate of drug-likeness (QED) is 0.789. The second-order valence-corrected chi connectivity index (χ2v) is 6.36. The van der Waals surface area contributed by atoms with Crippen molar-refractivity contribution in [2.75, 3.05) is 14.1 Å². The summed E-state index contributed by atoms with van der Waals surface area (Å²) in [5.41, 5.74) is 2.36. The van der Waals surface area contributed by atoms with E-state index in [0.717, 1.165) is 16.9 Å². The molecule has 2 aromatic carbocycles. The molecule has 0 saturated heterocycles. The molecule has 0 aliphatic carbocycles. The Bertz CT molecular complexity index is 655. The third-order valence-corrected chi connectivity index (χ3v) is 4.88. The van der Waals surface area contributed by atoms with Crippen molar-refractivity contribution in [1.82, 2.24) is 4.90 Å². The molecule has 0 aromatic heterocycles. The van der Waals surface area contributed by atoms with Crippen LogP contribution in [0.25, 0.3) is 0 Å². The van der Waals surface area contributed by atoms with E-state index in [1.807, 2.05) is 6.07 Å². The normalized spacial score (nSPS) is 17.4. The van der Waals surface area contributed by atoms with E-state index < -0.39 is 0 Å². The SMILES string of the molecule is CN(C)C1Cc2cc(O)c(O)cc2Sc2ccccc21. The van der Waals surface area contributed by atoms with Gasteiger partial charge in [0.05, 0.1) is 0 Å². The van der Waals surface area contributed by atoms with Crippen LogP contribution in [0.1, 0.15) is 17.2 Å². The summed E-state index contributed by atoms with van der Waals surface area (Å²) in [6, 6.07) is 12.0. The Balaban J connectivity index is 2.16. The van der Waals surface area contributed by atoms with Gasteiger partial charge in [-0.15, -0.1) is 0 Å². The molecule has 0 radical (unpaired) electrons. The number of rotatable bonds is 1. The molecule has 1 heterocycles. The highest BCUT2D eigenvalue weighted by Crippen LogP contribution is 2.45. The van der Waals surface area contributed by atoms with Crippen molar-refractivity contribution in [2.24, 2.45) is 0 Å². The molecule has 3 nitrogen and oxygen atoms in total. The van der Waals surface area contributed by atoms with Crippen LogP contribution in [0.3, 0.4) is 0 Å². The fourth-order valence-corrected chi connectivity index (χ4v) is 3.75. The summed E-state index contributed by atoms with van der Waals surface area (Å²) in [5, 5.41) is 19.5. The van der Waals surface area contributed by atoms with Gasteiger partial charge in [-0.25, -0.2) is 0 Å². The Hall–Kier alpha value is -1.65. The van der Waals surface area contributed by atoms with Crippen molar-refractivity contribution in [3.05, 3.63) is 47.5 Å². The van der Waals surface area contributed by atoms with Gasteiger partial charge in [-0.3, -0.25) is 0 Å². The first-order valence-corrected chi connectivity index (χ1v) is 7.36. The minimum atomic E-state index is -0.0583. The van der Waals surface area contributed by atoms with E-state index in [4.69, 9.17) is 0 Å². The van der Waals surface area contributed by atoms with Gasteiger partial charge < -0.3 is 15.1 Å². The molecule has 0 spiro atoms. The first-order chi connectivity index (χ1) is 9.56. The van der Waals surface area contributed by atoms with Gasteiger partial charge in [0.25, 0.3) is 0 Å².